The number of hydrogen-bond acceptors (Lipinski definition) is 2. The smallest absolute Gasteiger partial charge is 0.321 e. The molecule has 4 heteroatoms. The summed E-state index contributed by atoms with van der Waals surface area (Å²) >= 11 is 0. The lowest BCUT2D eigenvalue weighted by Crippen LogP contribution is -2.44. The first-order valence-electron chi connectivity index (χ1n) is 7.04. The summed E-state index contributed by atoms with van der Waals surface area (Å²) in [5.41, 5.74) is 7.59. The number of carbonyl (C=O) groups is 1. The average molecular weight is 261 g/mol. The molecule has 104 valence electrons. The van der Waals surface area contributed by atoms with Gasteiger partial charge in [-0.05, 0) is 24.5 Å². The van der Waals surface area contributed by atoms with Gasteiger partial charge in [0.15, 0.2) is 0 Å². The van der Waals surface area contributed by atoms with E-state index in [-0.39, 0.29) is 6.03 Å². The molecule has 19 heavy (non-hydrogen) atoms. The Morgan fingerprint density at radius 1 is 1.32 bits per heavy atom. The Bertz CT molecular complexity index is 427. The molecule has 0 saturated heterocycles. The molecule has 2 rings (SSSR count). The second kappa shape index (κ2) is 6.57. The van der Waals surface area contributed by atoms with Crippen molar-refractivity contribution in [2.45, 2.75) is 44.7 Å². The van der Waals surface area contributed by atoms with Crippen LogP contribution in [0, 0.1) is 0 Å². The number of hydrogen-bond donors (Lipinski definition) is 2. The Kier molecular flexibility index (Phi) is 4.80. The fraction of sp³-hybridized carbons (Fsp3) is 0.533. The van der Waals surface area contributed by atoms with Gasteiger partial charge < -0.3 is 11.1 Å². The summed E-state index contributed by atoms with van der Waals surface area (Å²) < 4.78 is 0. The summed E-state index contributed by atoms with van der Waals surface area (Å²) in [5, 5.41) is 3.11. The number of para-hydroxylation sites is 1. The minimum atomic E-state index is -0.0344. The highest BCUT2D eigenvalue weighted by molar-refractivity contribution is 5.92. The van der Waals surface area contributed by atoms with Crippen molar-refractivity contribution in [2.75, 3.05) is 11.9 Å². The van der Waals surface area contributed by atoms with E-state index >= 15 is 0 Å². The number of nitrogens with one attached hydrogen (secondary N) is 1. The van der Waals surface area contributed by atoms with E-state index < -0.39 is 0 Å². The van der Waals surface area contributed by atoms with Gasteiger partial charge in [0.05, 0.1) is 0 Å². The number of urea groups is 1. The van der Waals surface area contributed by atoms with Crippen molar-refractivity contribution >= 4 is 11.7 Å². The summed E-state index contributed by atoms with van der Waals surface area (Å²) in [4.78, 5) is 13.9. The molecule has 1 aliphatic carbocycles. The van der Waals surface area contributed by atoms with E-state index in [2.05, 4.69) is 5.32 Å². The molecule has 4 nitrogen and oxygen atoms in total. The quantitative estimate of drug-likeness (QED) is 0.878. The number of benzene rings is 1. The molecule has 1 aromatic rings. The molecule has 1 aromatic carbocycles. The second-order valence-corrected chi connectivity index (χ2v) is 5.18. The first kappa shape index (κ1) is 13.9. The van der Waals surface area contributed by atoms with Gasteiger partial charge in [0.25, 0.3) is 0 Å². The fourth-order valence-corrected chi connectivity index (χ4v) is 2.64. The molecule has 0 unspecified atom stereocenters. The predicted octanol–water partition coefficient (Wildman–Crippen LogP) is 2.62. The molecular formula is C15H23N3O. The van der Waals surface area contributed by atoms with Gasteiger partial charge in [-0.25, -0.2) is 4.79 Å². The highest BCUT2D eigenvalue weighted by Crippen LogP contribution is 2.20. The van der Waals surface area contributed by atoms with Crippen LogP contribution in [0.15, 0.2) is 24.3 Å². The minimum absolute atomic E-state index is 0.0344. The maximum Gasteiger partial charge on any atom is 0.321 e. The standard InChI is InChI=1S/C15H23N3O/c1-18(14-10-6-5-7-12(14)11-16)15(19)17-13-8-3-2-4-9-13/h5-7,10,13H,2-4,8-9,11,16H2,1H3,(H,17,19). The summed E-state index contributed by atoms with van der Waals surface area (Å²) in [5.74, 6) is 0. The van der Waals surface area contributed by atoms with Gasteiger partial charge in [0.1, 0.15) is 0 Å². The summed E-state index contributed by atoms with van der Waals surface area (Å²) in [7, 11) is 1.80. The van der Waals surface area contributed by atoms with Crippen LogP contribution in [0.3, 0.4) is 0 Å². The summed E-state index contributed by atoms with van der Waals surface area (Å²) in [6, 6.07) is 8.06. The van der Waals surface area contributed by atoms with Crippen molar-refractivity contribution in [3.63, 3.8) is 0 Å². The Morgan fingerprint density at radius 2 is 2.00 bits per heavy atom. The van der Waals surface area contributed by atoms with Crippen LogP contribution in [0.4, 0.5) is 10.5 Å². The molecule has 1 fully saturated rings. The topological polar surface area (TPSA) is 58.4 Å². The lowest BCUT2D eigenvalue weighted by molar-refractivity contribution is 0.239. The van der Waals surface area contributed by atoms with E-state index in [1.807, 2.05) is 24.3 Å². The number of carbonyl (C=O) groups excluding carboxylic acids is 1. The van der Waals surface area contributed by atoms with Gasteiger partial charge in [-0.2, -0.15) is 0 Å². The molecule has 1 aliphatic rings. The van der Waals surface area contributed by atoms with Crippen LogP contribution in [0.2, 0.25) is 0 Å². The van der Waals surface area contributed by atoms with E-state index in [4.69, 9.17) is 5.73 Å². The normalized spacial score (nSPS) is 16.1. The Balaban J connectivity index is 2.01. The predicted molar refractivity (Wildman–Crippen MR) is 78.1 cm³/mol. The summed E-state index contributed by atoms with van der Waals surface area (Å²) in [6.07, 6.45) is 5.91. The van der Waals surface area contributed by atoms with Crippen LogP contribution >= 0.6 is 0 Å². The van der Waals surface area contributed by atoms with Gasteiger partial charge in [-0.15, -0.1) is 0 Å². The van der Waals surface area contributed by atoms with Crippen molar-refractivity contribution in [3.8, 4) is 0 Å². The van der Waals surface area contributed by atoms with Gasteiger partial charge in [-0.3, -0.25) is 4.90 Å². The zero-order valence-electron chi connectivity index (χ0n) is 11.6. The molecular weight excluding hydrogens is 238 g/mol. The fourth-order valence-electron chi connectivity index (χ4n) is 2.64. The minimum Gasteiger partial charge on any atom is -0.335 e. The highest BCUT2D eigenvalue weighted by Gasteiger charge is 2.19. The number of rotatable bonds is 3. The third kappa shape index (κ3) is 3.47. The number of nitrogens with two attached hydrogens (primary N) is 1. The van der Waals surface area contributed by atoms with Gasteiger partial charge >= 0.3 is 6.03 Å². The maximum absolute atomic E-state index is 12.3. The third-order valence-electron chi connectivity index (χ3n) is 3.81. The van der Waals surface area contributed by atoms with Crippen molar-refractivity contribution in [1.29, 1.82) is 0 Å². The monoisotopic (exact) mass is 261 g/mol. The van der Waals surface area contributed by atoms with Crippen LogP contribution in [-0.4, -0.2) is 19.1 Å². The second-order valence-electron chi connectivity index (χ2n) is 5.18. The number of anilines is 1. The van der Waals surface area contributed by atoms with E-state index in [1.54, 1.807) is 11.9 Å². The lowest BCUT2D eigenvalue weighted by Gasteiger charge is -2.27. The zero-order valence-corrected chi connectivity index (χ0v) is 11.6. The average Bonchev–Trinajstić information content (AvgIpc) is 2.47. The molecule has 3 N–H and O–H groups in total. The van der Waals surface area contributed by atoms with Crippen molar-refractivity contribution in [2.24, 2.45) is 5.73 Å². The molecule has 0 heterocycles. The maximum atomic E-state index is 12.3. The summed E-state index contributed by atoms with van der Waals surface area (Å²) in [6.45, 7) is 0.442. The van der Waals surface area contributed by atoms with Crippen molar-refractivity contribution in [3.05, 3.63) is 29.8 Å². The molecule has 0 atom stereocenters. The Morgan fingerprint density at radius 3 is 2.68 bits per heavy atom. The number of nitrogens with zero attached hydrogens (tertiary/aromatic N) is 1. The molecule has 0 radical (unpaired) electrons. The van der Waals surface area contributed by atoms with Crippen molar-refractivity contribution < 1.29 is 4.79 Å². The molecule has 2 amide bonds. The molecule has 0 aliphatic heterocycles. The molecule has 0 bridgehead atoms. The van der Waals surface area contributed by atoms with E-state index in [0.717, 1.165) is 24.1 Å². The molecule has 0 aromatic heterocycles. The Hall–Kier alpha value is -1.55. The highest BCUT2D eigenvalue weighted by atomic mass is 16.2. The SMILES string of the molecule is CN(C(=O)NC1CCCCC1)c1ccccc1CN. The van der Waals surface area contributed by atoms with Crippen LogP contribution in [0.1, 0.15) is 37.7 Å². The third-order valence-corrected chi connectivity index (χ3v) is 3.81. The van der Waals surface area contributed by atoms with Crippen LogP contribution in [0.25, 0.3) is 0 Å². The van der Waals surface area contributed by atoms with Crippen molar-refractivity contribution in [1.82, 2.24) is 5.32 Å². The molecule has 0 spiro atoms. The van der Waals surface area contributed by atoms with Gasteiger partial charge in [0.2, 0.25) is 0 Å². The van der Waals surface area contributed by atoms with Gasteiger partial charge in [0, 0.05) is 25.3 Å². The first-order valence-corrected chi connectivity index (χ1v) is 7.04. The van der Waals surface area contributed by atoms with E-state index in [1.165, 1.54) is 19.3 Å². The van der Waals surface area contributed by atoms with Crippen LogP contribution < -0.4 is 16.0 Å². The van der Waals surface area contributed by atoms with E-state index in [9.17, 15) is 4.79 Å². The number of amides is 2. The molecule has 1 saturated carbocycles. The van der Waals surface area contributed by atoms with E-state index in [0.29, 0.717) is 12.6 Å². The van der Waals surface area contributed by atoms with Crippen LogP contribution in [0.5, 0.6) is 0 Å². The van der Waals surface area contributed by atoms with Crippen LogP contribution in [-0.2, 0) is 6.54 Å². The zero-order chi connectivity index (χ0) is 13.7. The first-order chi connectivity index (χ1) is 9.22. The van der Waals surface area contributed by atoms with Gasteiger partial charge in [-0.1, -0.05) is 37.5 Å². The lowest BCUT2D eigenvalue weighted by atomic mass is 9.96. The Labute approximate surface area is 115 Å². The largest absolute Gasteiger partial charge is 0.335 e.